The van der Waals surface area contributed by atoms with E-state index < -0.39 is 11.2 Å². The van der Waals surface area contributed by atoms with E-state index in [-0.39, 0.29) is 23.6 Å². The maximum atomic E-state index is 12.3. The molecule has 3 aromatic heterocycles. The van der Waals surface area contributed by atoms with Gasteiger partial charge in [-0.3, -0.25) is 18.7 Å². The fraction of sp³-hybridized carbons (Fsp3) is 0.250. The van der Waals surface area contributed by atoms with Gasteiger partial charge >= 0.3 is 5.69 Å². The second kappa shape index (κ2) is 5.63. The highest BCUT2D eigenvalue weighted by atomic mass is 35.5. The van der Waals surface area contributed by atoms with Crippen LogP contribution in [0.2, 0.25) is 4.34 Å². The lowest BCUT2D eigenvalue weighted by Gasteiger charge is -2.06. The van der Waals surface area contributed by atoms with E-state index in [4.69, 9.17) is 11.6 Å². The van der Waals surface area contributed by atoms with Crippen molar-refractivity contribution in [2.45, 2.75) is 6.54 Å². The molecule has 11 heteroatoms. The molecular weight excluding hydrogens is 344 g/mol. The summed E-state index contributed by atoms with van der Waals surface area (Å²) in [5.74, 6) is -0.383. The normalized spacial score (nSPS) is 11.1. The highest BCUT2D eigenvalue weighted by Crippen LogP contribution is 2.22. The number of rotatable bonds is 3. The lowest BCUT2D eigenvalue weighted by molar-refractivity contribution is -0.116. The number of thiazole rings is 1. The smallest absolute Gasteiger partial charge is 0.315 e. The van der Waals surface area contributed by atoms with Gasteiger partial charge in [0, 0.05) is 14.1 Å². The van der Waals surface area contributed by atoms with Crippen LogP contribution in [0, 0.1) is 0 Å². The zero-order valence-corrected chi connectivity index (χ0v) is 13.7. The van der Waals surface area contributed by atoms with Gasteiger partial charge in [-0.1, -0.05) is 22.9 Å². The molecule has 0 saturated carbocycles. The Morgan fingerprint density at radius 2 is 2.04 bits per heavy atom. The molecular formula is C12H11ClN6O3S. The van der Waals surface area contributed by atoms with Crippen LogP contribution in [0.3, 0.4) is 0 Å². The van der Waals surface area contributed by atoms with Crippen LogP contribution in [-0.2, 0) is 25.4 Å². The molecule has 23 heavy (non-hydrogen) atoms. The summed E-state index contributed by atoms with van der Waals surface area (Å²) in [7, 11) is 2.89. The molecule has 3 aromatic rings. The highest BCUT2D eigenvalue weighted by molar-refractivity contribution is 7.19. The van der Waals surface area contributed by atoms with Crippen molar-refractivity contribution in [2.24, 2.45) is 14.1 Å². The Morgan fingerprint density at radius 3 is 2.70 bits per heavy atom. The molecule has 0 atom stereocenters. The van der Waals surface area contributed by atoms with Crippen LogP contribution in [0.5, 0.6) is 0 Å². The summed E-state index contributed by atoms with van der Waals surface area (Å²) in [5.41, 5.74) is -0.578. The van der Waals surface area contributed by atoms with Gasteiger partial charge in [-0.2, -0.15) is 0 Å². The minimum atomic E-state index is -0.509. The van der Waals surface area contributed by atoms with Crippen molar-refractivity contribution < 1.29 is 4.79 Å². The number of anilines is 1. The van der Waals surface area contributed by atoms with Crippen LogP contribution in [0.1, 0.15) is 0 Å². The first-order valence-electron chi connectivity index (χ1n) is 6.40. The van der Waals surface area contributed by atoms with Crippen LogP contribution in [0.4, 0.5) is 5.13 Å². The lowest BCUT2D eigenvalue weighted by atomic mass is 10.4. The number of aryl methyl sites for hydroxylation is 1. The van der Waals surface area contributed by atoms with Crippen LogP contribution >= 0.6 is 22.9 Å². The summed E-state index contributed by atoms with van der Waals surface area (Å²) in [5, 5.41) is 2.95. The molecule has 3 heterocycles. The number of carbonyl (C=O) groups excluding carboxylic acids is 1. The van der Waals surface area contributed by atoms with E-state index in [0.29, 0.717) is 9.47 Å². The van der Waals surface area contributed by atoms with Gasteiger partial charge < -0.3 is 9.88 Å². The fourth-order valence-electron chi connectivity index (χ4n) is 2.14. The first-order valence-corrected chi connectivity index (χ1v) is 7.60. The number of nitrogens with one attached hydrogen (secondary N) is 1. The molecule has 0 aliphatic rings. The average molecular weight is 355 g/mol. The minimum Gasteiger partial charge on any atom is -0.315 e. The summed E-state index contributed by atoms with van der Waals surface area (Å²) in [6.45, 7) is -0.138. The molecule has 9 nitrogen and oxygen atoms in total. The number of amides is 1. The molecule has 0 fully saturated rings. The maximum Gasteiger partial charge on any atom is 0.332 e. The molecule has 1 amide bonds. The van der Waals surface area contributed by atoms with Gasteiger partial charge in [-0.15, -0.1) is 0 Å². The van der Waals surface area contributed by atoms with Crippen molar-refractivity contribution in [3.8, 4) is 0 Å². The Balaban J connectivity index is 1.96. The Hall–Kier alpha value is -2.46. The first kappa shape index (κ1) is 15.4. The third-order valence-corrected chi connectivity index (χ3v) is 4.29. The molecule has 120 valence electrons. The first-order chi connectivity index (χ1) is 10.9. The number of nitrogens with zero attached hydrogens (tertiary/aromatic N) is 5. The van der Waals surface area contributed by atoms with Crippen molar-refractivity contribution in [2.75, 3.05) is 5.32 Å². The van der Waals surface area contributed by atoms with E-state index in [0.717, 1.165) is 15.9 Å². The SMILES string of the molecule is Cn1c(=O)c2c(ncn2CC(=O)Nc2ncc(Cl)s2)n(C)c1=O. The standard InChI is InChI=1S/C12H11ClN6O3S/c1-17-9-8(10(21)18(2)12(17)22)19(5-15-9)4-7(20)16-11-14-3-6(13)23-11/h3,5H,4H2,1-2H3,(H,14,16,20). The summed E-state index contributed by atoms with van der Waals surface area (Å²) >= 11 is 6.88. The number of imidazole rings is 1. The summed E-state index contributed by atoms with van der Waals surface area (Å²) in [6.07, 6.45) is 2.78. The van der Waals surface area contributed by atoms with Gasteiger partial charge in [0.15, 0.2) is 16.3 Å². The second-order valence-electron chi connectivity index (χ2n) is 4.77. The zero-order chi connectivity index (χ0) is 16.7. The monoisotopic (exact) mass is 354 g/mol. The number of fused-ring (bicyclic) bond motifs is 1. The fourth-order valence-corrected chi connectivity index (χ4v) is 2.97. The van der Waals surface area contributed by atoms with E-state index in [9.17, 15) is 14.4 Å². The van der Waals surface area contributed by atoms with Crippen LogP contribution in [-0.4, -0.2) is 29.6 Å². The summed E-state index contributed by atoms with van der Waals surface area (Å²) in [6, 6.07) is 0. The van der Waals surface area contributed by atoms with E-state index >= 15 is 0 Å². The van der Waals surface area contributed by atoms with Gasteiger partial charge in [0.2, 0.25) is 5.91 Å². The molecule has 0 unspecified atom stereocenters. The number of halogens is 1. The predicted octanol–water partition coefficient (Wildman–Crippen LogP) is 0.182. The van der Waals surface area contributed by atoms with Crippen molar-refractivity contribution in [1.29, 1.82) is 0 Å². The maximum absolute atomic E-state index is 12.3. The van der Waals surface area contributed by atoms with Crippen molar-refractivity contribution in [3.05, 3.63) is 37.7 Å². The molecule has 0 aliphatic carbocycles. The van der Waals surface area contributed by atoms with E-state index in [1.165, 1.54) is 35.8 Å². The predicted molar refractivity (Wildman–Crippen MR) is 86.0 cm³/mol. The van der Waals surface area contributed by atoms with Crippen LogP contribution < -0.4 is 16.6 Å². The third kappa shape index (κ3) is 2.66. The molecule has 0 bridgehead atoms. The van der Waals surface area contributed by atoms with E-state index in [2.05, 4.69) is 15.3 Å². The Labute approximate surface area is 137 Å². The number of hydrogen-bond donors (Lipinski definition) is 1. The average Bonchev–Trinajstić information content (AvgIpc) is 3.09. The molecule has 0 aromatic carbocycles. The van der Waals surface area contributed by atoms with E-state index in [1.54, 1.807) is 0 Å². The zero-order valence-electron chi connectivity index (χ0n) is 12.1. The second-order valence-corrected chi connectivity index (χ2v) is 6.43. The summed E-state index contributed by atoms with van der Waals surface area (Å²) in [4.78, 5) is 44.1. The quantitative estimate of drug-likeness (QED) is 0.722. The highest BCUT2D eigenvalue weighted by Gasteiger charge is 2.16. The molecule has 0 saturated heterocycles. The lowest BCUT2D eigenvalue weighted by Crippen LogP contribution is -2.37. The van der Waals surface area contributed by atoms with Crippen molar-refractivity contribution in [3.63, 3.8) is 0 Å². The van der Waals surface area contributed by atoms with Crippen molar-refractivity contribution in [1.82, 2.24) is 23.7 Å². The minimum absolute atomic E-state index is 0.138. The molecule has 1 N–H and O–H groups in total. The van der Waals surface area contributed by atoms with Gasteiger partial charge in [-0.25, -0.2) is 14.8 Å². The van der Waals surface area contributed by atoms with Crippen molar-refractivity contribution >= 4 is 45.1 Å². The Kier molecular flexibility index (Phi) is 3.78. The largest absolute Gasteiger partial charge is 0.332 e. The van der Waals surface area contributed by atoms with Crippen LogP contribution in [0.25, 0.3) is 11.2 Å². The number of carbonyl (C=O) groups is 1. The third-order valence-electron chi connectivity index (χ3n) is 3.25. The van der Waals surface area contributed by atoms with Gasteiger partial charge in [0.05, 0.1) is 12.5 Å². The molecule has 0 aliphatic heterocycles. The number of aromatic nitrogens is 5. The van der Waals surface area contributed by atoms with Gasteiger partial charge in [-0.05, 0) is 0 Å². The summed E-state index contributed by atoms with van der Waals surface area (Å²) < 4.78 is 4.07. The van der Waals surface area contributed by atoms with Gasteiger partial charge in [0.1, 0.15) is 10.9 Å². The Morgan fingerprint density at radius 1 is 1.30 bits per heavy atom. The van der Waals surface area contributed by atoms with E-state index in [1.807, 2.05) is 0 Å². The number of hydrogen-bond acceptors (Lipinski definition) is 6. The topological polar surface area (TPSA) is 104 Å². The molecule has 3 rings (SSSR count). The van der Waals surface area contributed by atoms with Gasteiger partial charge in [0.25, 0.3) is 5.56 Å². The Bertz CT molecular complexity index is 1030. The molecule has 0 radical (unpaired) electrons. The molecule has 0 spiro atoms. The van der Waals surface area contributed by atoms with Crippen LogP contribution in [0.15, 0.2) is 22.1 Å².